The van der Waals surface area contributed by atoms with Crippen molar-refractivity contribution in [2.24, 2.45) is 0 Å². The fraction of sp³-hybridized carbons (Fsp3) is 0.933. The molecule has 5 nitrogen and oxygen atoms in total. The number of nitrogens with one attached hydrogen (secondary N) is 2. The van der Waals surface area contributed by atoms with Gasteiger partial charge in [-0.05, 0) is 40.5 Å². The van der Waals surface area contributed by atoms with Crippen LogP contribution in [0, 0.1) is 0 Å². The molecule has 0 unspecified atom stereocenters. The molecule has 0 aromatic rings. The Kier molecular flexibility index (Phi) is 8.11. The Labute approximate surface area is 123 Å². The Balaban J connectivity index is 2.11. The number of amides is 1. The summed E-state index contributed by atoms with van der Waals surface area (Å²) in [5.41, 5.74) is 0. The van der Waals surface area contributed by atoms with E-state index < -0.39 is 0 Å². The van der Waals surface area contributed by atoms with Crippen LogP contribution in [0.1, 0.15) is 40.5 Å². The van der Waals surface area contributed by atoms with Gasteiger partial charge in [-0.3, -0.25) is 9.69 Å². The van der Waals surface area contributed by atoms with E-state index in [0.717, 1.165) is 39.1 Å². The molecule has 5 heteroatoms. The molecule has 0 aliphatic carbocycles. The highest BCUT2D eigenvalue weighted by Gasteiger charge is 2.16. The lowest BCUT2D eigenvalue weighted by Gasteiger charge is -2.30. The quantitative estimate of drug-likeness (QED) is 0.653. The molecule has 20 heavy (non-hydrogen) atoms. The summed E-state index contributed by atoms with van der Waals surface area (Å²) in [6.45, 7) is 12.6. The maximum atomic E-state index is 11.8. The van der Waals surface area contributed by atoms with Crippen LogP contribution in [-0.2, 0) is 9.53 Å². The van der Waals surface area contributed by atoms with Gasteiger partial charge in [-0.2, -0.15) is 0 Å². The first kappa shape index (κ1) is 17.4. The molecule has 1 amide bonds. The highest BCUT2D eigenvalue weighted by molar-refractivity contribution is 5.78. The van der Waals surface area contributed by atoms with Crippen molar-refractivity contribution in [1.82, 2.24) is 15.5 Å². The molecule has 2 N–H and O–H groups in total. The van der Waals surface area contributed by atoms with Crippen LogP contribution in [0.15, 0.2) is 0 Å². The number of hydrogen-bond acceptors (Lipinski definition) is 4. The highest BCUT2D eigenvalue weighted by atomic mass is 16.5. The summed E-state index contributed by atoms with van der Waals surface area (Å²) in [7, 11) is 0. The van der Waals surface area contributed by atoms with Gasteiger partial charge >= 0.3 is 0 Å². The molecule has 0 aromatic heterocycles. The Bertz CT molecular complexity index is 268. The summed E-state index contributed by atoms with van der Waals surface area (Å²) in [6.07, 6.45) is 1.86. The molecule has 0 bridgehead atoms. The minimum absolute atomic E-state index is 0.0949. The summed E-state index contributed by atoms with van der Waals surface area (Å²) < 4.78 is 5.28. The van der Waals surface area contributed by atoms with Gasteiger partial charge in [0, 0.05) is 44.4 Å². The second-order valence-electron chi connectivity index (χ2n) is 6.06. The number of ether oxygens (including phenoxy) is 1. The number of rotatable bonds is 8. The minimum Gasteiger partial charge on any atom is -0.381 e. The van der Waals surface area contributed by atoms with Crippen LogP contribution >= 0.6 is 0 Å². The van der Waals surface area contributed by atoms with Crippen molar-refractivity contribution in [1.29, 1.82) is 0 Å². The SMILES string of the molecule is CC(C)N(CCNCC(=O)NC1CCOCC1)C(C)C. The lowest BCUT2D eigenvalue weighted by molar-refractivity contribution is -0.121. The summed E-state index contributed by atoms with van der Waals surface area (Å²) in [4.78, 5) is 14.2. The van der Waals surface area contributed by atoms with Crippen LogP contribution in [0.3, 0.4) is 0 Å². The summed E-state index contributed by atoms with van der Waals surface area (Å²) in [6, 6.07) is 1.36. The molecular formula is C15H31N3O2. The predicted molar refractivity (Wildman–Crippen MR) is 81.8 cm³/mol. The molecule has 1 aliphatic rings. The average Bonchev–Trinajstić information content (AvgIpc) is 2.38. The second-order valence-corrected chi connectivity index (χ2v) is 6.06. The van der Waals surface area contributed by atoms with E-state index in [1.165, 1.54) is 0 Å². The van der Waals surface area contributed by atoms with Crippen LogP contribution in [-0.4, -0.2) is 61.8 Å². The number of carbonyl (C=O) groups is 1. The molecule has 1 fully saturated rings. The van der Waals surface area contributed by atoms with Crippen molar-refractivity contribution in [3.05, 3.63) is 0 Å². The van der Waals surface area contributed by atoms with Crippen LogP contribution in [0.2, 0.25) is 0 Å². The zero-order chi connectivity index (χ0) is 15.0. The molecule has 1 aliphatic heterocycles. The highest BCUT2D eigenvalue weighted by Crippen LogP contribution is 2.05. The summed E-state index contributed by atoms with van der Waals surface area (Å²) >= 11 is 0. The standard InChI is InChI=1S/C15H31N3O2/c1-12(2)18(13(3)4)8-7-16-11-15(19)17-14-5-9-20-10-6-14/h12-14,16H,5-11H2,1-4H3,(H,17,19). The number of hydrogen-bond donors (Lipinski definition) is 2. The molecule has 118 valence electrons. The van der Waals surface area contributed by atoms with Gasteiger partial charge in [-0.1, -0.05) is 0 Å². The van der Waals surface area contributed by atoms with E-state index in [2.05, 4.69) is 43.2 Å². The Morgan fingerprint density at radius 1 is 1.20 bits per heavy atom. The van der Waals surface area contributed by atoms with Crippen LogP contribution in [0.25, 0.3) is 0 Å². The van der Waals surface area contributed by atoms with E-state index in [-0.39, 0.29) is 5.91 Å². The largest absolute Gasteiger partial charge is 0.381 e. The molecule has 0 saturated carbocycles. The molecule has 0 aromatic carbocycles. The fourth-order valence-electron chi connectivity index (χ4n) is 2.64. The van der Waals surface area contributed by atoms with Gasteiger partial charge in [0.25, 0.3) is 0 Å². The number of nitrogens with zero attached hydrogens (tertiary/aromatic N) is 1. The summed E-state index contributed by atoms with van der Waals surface area (Å²) in [5.74, 6) is 0.0949. The van der Waals surface area contributed by atoms with Gasteiger partial charge in [0.1, 0.15) is 0 Å². The maximum Gasteiger partial charge on any atom is 0.234 e. The third-order valence-corrected chi connectivity index (χ3v) is 3.75. The van der Waals surface area contributed by atoms with Crippen molar-refractivity contribution >= 4 is 5.91 Å². The first-order valence-corrected chi connectivity index (χ1v) is 7.84. The number of carbonyl (C=O) groups excluding carboxylic acids is 1. The lowest BCUT2D eigenvalue weighted by Crippen LogP contribution is -2.45. The van der Waals surface area contributed by atoms with E-state index in [1.54, 1.807) is 0 Å². The van der Waals surface area contributed by atoms with Crippen LogP contribution in [0.4, 0.5) is 0 Å². The van der Waals surface area contributed by atoms with Crippen molar-refractivity contribution in [3.8, 4) is 0 Å². The van der Waals surface area contributed by atoms with Gasteiger partial charge in [0.2, 0.25) is 5.91 Å². The fourth-order valence-corrected chi connectivity index (χ4v) is 2.64. The molecule has 0 spiro atoms. The molecule has 0 radical (unpaired) electrons. The van der Waals surface area contributed by atoms with Gasteiger partial charge in [0.05, 0.1) is 6.54 Å². The molecule has 0 atom stereocenters. The molecule has 1 saturated heterocycles. The molecular weight excluding hydrogens is 254 g/mol. The van der Waals surface area contributed by atoms with Gasteiger partial charge in [-0.25, -0.2) is 0 Å². The average molecular weight is 285 g/mol. The molecule has 1 heterocycles. The van der Waals surface area contributed by atoms with Crippen molar-refractivity contribution < 1.29 is 9.53 Å². The van der Waals surface area contributed by atoms with Gasteiger partial charge in [-0.15, -0.1) is 0 Å². The normalized spacial score (nSPS) is 17.1. The monoisotopic (exact) mass is 285 g/mol. The smallest absolute Gasteiger partial charge is 0.234 e. The zero-order valence-corrected chi connectivity index (χ0v) is 13.4. The Morgan fingerprint density at radius 2 is 1.80 bits per heavy atom. The van der Waals surface area contributed by atoms with Crippen LogP contribution < -0.4 is 10.6 Å². The maximum absolute atomic E-state index is 11.8. The van der Waals surface area contributed by atoms with E-state index >= 15 is 0 Å². The van der Waals surface area contributed by atoms with Gasteiger partial charge < -0.3 is 15.4 Å². The lowest BCUT2D eigenvalue weighted by atomic mass is 10.1. The first-order chi connectivity index (χ1) is 9.50. The van der Waals surface area contributed by atoms with Crippen molar-refractivity contribution in [2.75, 3.05) is 32.8 Å². The predicted octanol–water partition coefficient (Wildman–Crippen LogP) is 0.990. The minimum atomic E-state index is 0.0949. The first-order valence-electron chi connectivity index (χ1n) is 7.84. The topological polar surface area (TPSA) is 53.6 Å². The molecule has 1 rings (SSSR count). The Morgan fingerprint density at radius 3 is 2.35 bits per heavy atom. The van der Waals surface area contributed by atoms with E-state index in [9.17, 15) is 4.79 Å². The Hall–Kier alpha value is -0.650. The van der Waals surface area contributed by atoms with E-state index in [4.69, 9.17) is 4.74 Å². The van der Waals surface area contributed by atoms with Crippen molar-refractivity contribution in [2.45, 2.75) is 58.7 Å². The van der Waals surface area contributed by atoms with E-state index in [1.807, 2.05) is 0 Å². The van der Waals surface area contributed by atoms with Crippen molar-refractivity contribution in [3.63, 3.8) is 0 Å². The summed E-state index contributed by atoms with van der Waals surface area (Å²) in [5, 5.41) is 6.29. The van der Waals surface area contributed by atoms with Gasteiger partial charge in [0.15, 0.2) is 0 Å². The van der Waals surface area contributed by atoms with Crippen LogP contribution in [0.5, 0.6) is 0 Å². The zero-order valence-electron chi connectivity index (χ0n) is 13.4. The third-order valence-electron chi connectivity index (χ3n) is 3.75. The third kappa shape index (κ3) is 6.68. The van der Waals surface area contributed by atoms with E-state index in [0.29, 0.717) is 24.7 Å². The second kappa shape index (κ2) is 9.32.